The summed E-state index contributed by atoms with van der Waals surface area (Å²) in [6.07, 6.45) is 2.77. The number of nitrogens with two attached hydrogens (primary N) is 1. The molecule has 0 aromatic carbocycles. The number of carbonyl (C=O) groups is 1. The predicted molar refractivity (Wildman–Crippen MR) is 76.3 cm³/mol. The molecular weight excluding hydrogens is 246 g/mol. The molecule has 2 rings (SSSR count). The van der Waals surface area contributed by atoms with Crippen LogP contribution in [0.2, 0.25) is 0 Å². The number of hydrogen-bond donors (Lipinski definition) is 1. The van der Waals surface area contributed by atoms with Crippen molar-refractivity contribution in [3.05, 3.63) is 0 Å². The molecule has 4 nitrogen and oxygen atoms in total. The molecule has 2 fully saturated rings. The van der Waals surface area contributed by atoms with Crippen LogP contribution < -0.4 is 5.73 Å². The SMILES string of the molecule is CC(C)(C(=O)N1CCN(CC2CC2)CC1)C(N)=S. The third-order valence-corrected chi connectivity index (χ3v) is 4.53. The molecular formula is C13H23N3OS. The minimum Gasteiger partial charge on any atom is -0.392 e. The summed E-state index contributed by atoms with van der Waals surface area (Å²) >= 11 is 4.99. The van der Waals surface area contributed by atoms with Crippen molar-refractivity contribution in [2.24, 2.45) is 17.1 Å². The molecule has 1 aliphatic carbocycles. The first kappa shape index (κ1) is 13.7. The largest absolute Gasteiger partial charge is 0.392 e. The van der Waals surface area contributed by atoms with Gasteiger partial charge in [-0.3, -0.25) is 9.69 Å². The zero-order valence-corrected chi connectivity index (χ0v) is 12.1. The van der Waals surface area contributed by atoms with Crippen LogP contribution in [0.1, 0.15) is 26.7 Å². The average molecular weight is 269 g/mol. The Hall–Kier alpha value is -0.680. The number of rotatable bonds is 4. The lowest BCUT2D eigenvalue weighted by Crippen LogP contribution is -2.54. The first-order valence-corrected chi connectivity index (χ1v) is 7.13. The first-order chi connectivity index (χ1) is 8.41. The van der Waals surface area contributed by atoms with Gasteiger partial charge in [-0.05, 0) is 32.6 Å². The second kappa shape index (κ2) is 5.13. The molecule has 2 N–H and O–H groups in total. The smallest absolute Gasteiger partial charge is 0.235 e. The molecule has 102 valence electrons. The molecule has 0 bridgehead atoms. The summed E-state index contributed by atoms with van der Waals surface area (Å²) in [5, 5.41) is 0. The van der Waals surface area contributed by atoms with Gasteiger partial charge in [-0.2, -0.15) is 0 Å². The number of thiocarbonyl (C=S) groups is 1. The van der Waals surface area contributed by atoms with E-state index in [1.54, 1.807) is 0 Å². The molecule has 1 heterocycles. The van der Waals surface area contributed by atoms with E-state index in [4.69, 9.17) is 18.0 Å². The Kier molecular flexibility index (Phi) is 3.92. The molecule has 0 atom stereocenters. The lowest BCUT2D eigenvalue weighted by atomic mass is 9.91. The van der Waals surface area contributed by atoms with Gasteiger partial charge in [0.05, 0.1) is 10.4 Å². The Balaban J connectivity index is 1.84. The van der Waals surface area contributed by atoms with E-state index in [0.29, 0.717) is 0 Å². The normalized spacial score (nSPS) is 22.0. The van der Waals surface area contributed by atoms with Gasteiger partial charge in [0.25, 0.3) is 0 Å². The molecule has 1 saturated heterocycles. The zero-order valence-electron chi connectivity index (χ0n) is 11.3. The van der Waals surface area contributed by atoms with Crippen molar-refractivity contribution in [2.75, 3.05) is 32.7 Å². The van der Waals surface area contributed by atoms with Crippen molar-refractivity contribution in [2.45, 2.75) is 26.7 Å². The van der Waals surface area contributed by atoms with Crippen LogP contribution in [0.25, 0.3) is 0 Å². The monoisotopic (exact) mass is 269 g/mol. The van der Waals surface area contributed by atoms with Crippen LogP contribution in [0.3, 0.4) is 0 Å². The number of hydrogen-bond acceptors (Lipinski definition) is 3. The van der Waals surface area contributed by atoms with Crippen molar-refractivity contribution in [1.29, 1.82) is 0 Å². The summed E-state index contributed by atoms with van der Waals surface area (Å²) < 4.78 is 0. The van der Waals surface area contributed by atoms with Crippen LogP contribution in [-0.4, -0.2) is 53.4 Å². The van der Waals surface area contributed by atoms with Crippen molar-refractivity contribution in [3.8, 4) is 0 Å². The molecule has 2 aliphatic rings. The van der Waals surface area contributed by atoms with E-state index in [0.717, 1.165) is 32.1 Å². The molecule has 5 heteroatoms. The molecule has 1 amide bonds. The molecule has 0 aromatic heterocycles. The lowest BCUT2D eigenvalue weighted by molar-refractivity contribution is -0.138. The molecule has 1 aliphatic heterocycles. The summed E-state index contributed by atoms with van der Waals surface area (Å²) in [6.45, 7) is 8.41. The van der Waals surface area contributed by atoms with Gasteiger partial charge in [-0.1, -0.05) is 12.2 Å². The average Bonchev–Trinajstić information content (AvgIpc) is 3.13. The highest BCUT2D eigenvalue weighted by molar-refractivity contribution is 7.80. The van der Waals surface area contributed by atoms with Gasteiger partial charge >= 0.3 is 0 Å². The summed E-state index contributed by atoms with van der Waals surface area (Å²) in [5.74, 6) is 0.987. The number of nitrogens with zero attached hydrogens (tertiary/aromatic N) is 2. The maximum absolute atomic E-state index is 12.3. The Morgan fingerprint density at radius 2 is 1.83 bits per heavy atom. The maximum Gasteiger partial charge on any atom is 0.235 e. The van der Waals surface area contributed by atoms with Crippen LogP contribution in [0.15, 0.2) is 0 Å². The van der Waals surface area contributed by atoms with E-state index >= 15 is 0 Å². The Bertz CT molecular complexity index is 344. The van der Waals surface area contributed by atoms with Crippen LogP contribution in [0.4, 0.5) is 0 Å². The lowest BCUT2D eigenvalue weighted by Gasteiger charge is -2.38. The van der Waals surface area contributed by atoms with Crippen molar-refractivity contribution >= 4 is 23.1 Å². The van der Waals surface area contributed by atoms with Crippen LogP contribution >= 0.6 is 12.2 Å². The van der Waals surface area contributed by atoms with Gasteiger partial charge in [0.15, 0.2) is 0 Å². The summed E-state index contributed by atoms with van der Waals surface area (Å²) in [7, 11) is 0. The van der Waals surface area contributed by atoms with E-state index in [1.165, 1.54) is 19.4 Å². The van der Waals surface area contributed by atoms with Gasteiger partial charge in [-0.25, -0.2) is 0 Å². The Morgan fingerprint density at radius 3 is 2.28 bits per heavy atom. The van der Waals surface area contributed by atoms with Gasteiger partial charge in [0.1, 0.15) is 0 Å². The van der Waals surface area contributed by atoms with E-state index in [1.807, 2.05) is 18.7 Å². The highest BCUT2D eigenvalue weighted by Gasteiger charge is 2.36. The van der Waals surface area contributed by atoms with E-state index in [9.17, 15) is 4.79 Å². The second-order valence-corrected chi connectivity index (χ2v) is 6.47. The molecule has 1 saturated carbocycles. The summed E-state index contributed by atoms with van der Waals surface area (Å²) in [6, 6.07) is 0. The fourth-order valence-corrected chi connectivity index (χ4v) is 2.39. The highest BCUT2D eigenvalue weighted by atomic mass is 32.1. The van der Waals surface area contributed by atoms with E-state index in [2.05, 4.69) is 4.90 Å². The molecule has 0 spiro atoms. The topological polar surface area (TPSA) is 49.6 Å². The van der Waals surface area contributed by atoms with Crippen LogP contribution in [0, 0.1) is 11.3 Å². The van der Waals surface area contributed by atoms with Crippen LogP contribution in [0.5, 0.6) is 0 Å². The molecule has 0 aromatic rings. The third-order valence-electron chi connectivity index (χ3n) is 4.02. The quantitative estimate of drug-likeness (QED) is 0.769. The fraction of sp³-hybridized carbons (Fsp3) is 0.846. The summed E-state index contributed by atoms with van der Waals surface area (Å²) in [5.41, 5.74) is 4.94. The minimum atomic E-state index is -0.714. The highest BCUT2D eigenvalue weighted by Crippen LogP contribution is 2.30. The van der Waals surface area contributed by atoms with Crippen molar-refractivity contribution in [3.63, 3.8) is 0 Å². The zero-order chi connectivity index (χ0) is 13.3. The summed E-state index contributed by atoms with van der Waals surface area (Å²) in [4.78, 5) is 17.0. The number of piperazine rings is 1. The van der Waals surface area contributed by atoms with Gasteiger partial charge < -0.3 is 10.6 Å². The standard InChI is InChI=1S/C13H23N3OS/c1-13(2,11(14)18)12(17)16-7-5-15(6-8-16)9-10-3-4-10/h10H,3-9H2,1-2H3,(H2,14,18). The van der Waals surface area contributed by atoms with Crippen molar-refractivity contribution in [1.82, 2.24) is 9.80 Å². The predicted octanol–water partition coefficient (Wildman–Crippen LogP) is 0.853. The number of carbonyl (C=O) groups excluding carboxylic acids is 1. The van der Waals surface area contributed by atoms with Gasteiger partial charge in [0.2, 0.25) is 5.91 Å². The molecule has 0 unspecified atom stereocenters. The van der Waals surface area contributed by atoms with Crippen molar-refractivity contribution < 1.29 is 4.79 Å². The Labute approximate surface area is 114 Å². The van der Waals surface area contributed by atoms with Gasteiger partial charge in [0, 0.05) is 32.7 Å². The maximum atomic E-state index is 12.3. The van der Waals surface area contributed by atoms with Crippen LogP contribution in [-0.2, 0) is 4.79 Å². The van der Waals surface area contributed by atoms with Gasteiger partial charge in [-0.15, -0.1) is 0 Å². The molecule has 18 heavy (non-hydrogen) atoms. The first-order valence-electron chi connectivity index (χ1n) is 6.73. The third kappa shape index (κ3) is 3.01. The van der Waals surface area contributed by atoms with E-state index < -0.39 is 5.41 Å². The second-order valence-electron chi connectivity index (χ2n) is 6.03. The van der Waals surface area contributed by atoms with E-state index in [-0.39, 0.29) is 10.9 Å². The fourth-order valence-electron chi connectivity index (χ4n) is 2.30. The minimum absolute atomic E-state index is 0.0704. The number of amides is 1. The Morgan fingerprint density at radius 1 is 1.28 bits per heavy atom. The molecule has 0 radical (unpaired) electrons.